The van der Waals surface area contributed by atoms with Gasteiger partial charge in [-0.15, -0.1) is 0 Å². The molecule has 2 amide bonds. The third-order valence-corrected chi connectivity index (χ3v) is 10.8. The maximum Gasteiger partial charge on any atom is 0.280 e. The van der Waals surface area contributed by atoms with Gasteiger partial charge in [-0.05, 0) is 93.3 Å². The summed E-state index contributed by atoms with van der Waals surface area (Å²) in [6, 6.07) is 11.9. The number of fused-ring (bicyclic) bond motifs is 4. The second-order valence-corrected chi connectivity index (χ2v) is 14.1. The van der Waals surface area contributed by atoms with Gasteiger partial charge in [0.05, 0.1) is 35.6 Å². The van der Waals surface area contributed by atoms with E-state index in [-0.39, 0.29) is 29.2 Å². The number of ether oxygens (including phenoxy) is 1. The molecule has 4 aromatic heterocycles. The molecule has 0 unspecified atom stereocenters. The van der Waals surface area contributed by atoms with Gasteiger partial charge in [0, 0.05) is 49.4 Å². The van der Waals surface area contributed by atoms with Crippen molar-refractivity contribution < 1.29 is 23.1 Å². The van der Waals surface area contributed by atoms with E-state index in [1.807, 2.05) is 47.7 Å². The molecule has 0 spiro atoms. The van der Waals surface area contributed by atoms with Crippen LogP contribution in [0.2, 0.25) is 0 Å². The maximum atomic E-state index is 13.9. The fraction of sp³-hybridized carbons (Fsp3) is 0.432. The van der Waals surface area contributed by atoms with Crippen LogP contribution in [0.25, 0.3) is 33.6 Å². The number of pyridine rings is 2. The normalized spacial score (nSPS) is 20.9. The Kier molecular flexibility index (Phi) is 8.04. The highest BCUT2D eigenvalue weighted by molar-refractivity contribution is 6.00. The molecule has 2 aliphatic carbocycles. The van der Waals surface area contributed by atoms with Crippen LogP contribution in [0.1, 0.15) is 83.6 Å². The maximum absolute atomic E-state index is 13.9. The summed E-state index contributed by atoms with van der Waals surface area (Å²) in [6.07, 6.45) is 3.73. The first-order valence-corrected chi connectivity index (χ1v) is 17.3. The molecule has 2 saturated carbocycles. The van der Waals surface area contributed by atoms with Crippen LogP contribution >= 0.6 is 0 Å². The number of imidazole rings is 1. The van der Waals surface area contributed by atoms with Crippen molar-refractivity contribution in [3.05, 3.63) is 71.2 Å². The van der Waals surface area contributed by atoms with E-state index in [1.165, 1.54) is 6.07 Å². The van der Waals surface area contributed by atoms with Crippen molar-refractivity contribution in [2.24, 2.45) is 24.6 Å². The fourth-order valence-electron chi connectivity index (χ4n) is 7.76. The van der Waals surface area contributed by atoms with Crippen LogP contribution in [0.3, 0.4) is 0 Å². The van der Waals surface area contributed by atoms with Crippen molar-refractivity contribution in [1.29, 1.82) is 0 Å². The fourth-order valence-corrected chi connectivity index (χ4v) is 7.76. The van der Waals surface area contributed by atoms with Crippen LogP contribution in [-0.2, 0) is 13.6 Å². The molecule has 11 nitrogen and oxygen atoms in total. The summed E-state index contributed by atoms with van der Waals surface area (Å²) in [6.45, 7) is 3.16. The minimum absolute atomic E-state index is 0.00342. The predicted octanol–water partition coefficient (Wildman–Crippen LogP) is 5.78. The van der Waals surface area contributed by atoms with Crippen molar-refractivity contribution in [3.63, 3.8) is 0 Å². The number of aryl methyl sites for hydroxylation is 1. The molecular weight excluding hydrogens is 642 g/mol. The van der Waals surface area contributed by atoms with Gasteiger partial charge in [-0.3, -0.25) is 14.6 Å². The van der Waals surface area contributed by atoms with Gasteiger partial charge >= 0.3 is 0 Å². The lowest BCUT2D eigenvalue weighted by Gasteiger charge is -2.37. The molecule has 4 atom stereocenters. The number of carbonyl (C=O) groups is 2. The van der Waals surface area contributed by atoms with Gasteiger partial charge < -0.3 is 29.8 Å². The zero-order chi connectivity index (χ0) is 34.8. The molecule has 1 aromatic carbocycles. The number of rotatable bonds is 9. The van der Waals surface area contributed by atoms with Crippen LogP contribution < -0.4 is 15.8 Å². The Hall–Kier alpha value is -4.91. The summed E-state index contributed by atoms with van der Waals surface area (Å²) in [4.78, 5) is 42.6. The Labute approximate surface area is 287 Å². The number of halogens is 2. The number of benzene rings is 1. The van der Waals surface area contributed by atoms with Gasteiger partial charge in [-0.1, -0.05) is 0 Å². The molecule has 13 heteroatoms. The Balaban J connectivity index is 1.13. The average molecular weight is 683 g/mol. The number of likely N-dealkylation sites (tertiary alicyclic amines) is 1. The van der Waals surface area contributed by atoms with Crippen molar-refractivity contribution in [1.82, 2.24) is 34.3 Å². The number of nitrogens with zero attached hydrogens (tertiary/aromatic N) is 6. The average Bonchev–Trinajstić information content (AvgIpc) is 3.58. The zero-order valence-corrected chi connectivity index (χ0v) is 28.3. The third kappa shape index (κ3) is 5.66. The van der Waals surface area contributed by atoms with Crippen LogP contribution in [0, 0.1) is 11.8 Å². The number of methoxy groups -OCH3 is 1. The second-order valence-electron chi connectivity index (χ2n) is 14.1. The quantitative estimate of drug-likeness (QED) is 0.201. The molecule has 0 radical (unpaired) electrons. The van der Waals surface area contributed by atoms with Crippen molar-refractivity contribution >= 4 is 33.9 Å². The highest BCUT2D eigenvalue weighted by Gasteiger charge is 2.41. The number of alkyl halides is 2. The summed E-state index contributed by atoms with van der Waals surface area (Å²) < 4.78 is 35.9. The Morgan fingerprint density at radius 2 is 1.84 bits per heavy atom. The standard InChI is InChI=1S/C37H40F2N8O3/c1-19(42-36(48)23-8-11-28(33(38)39)41-16-23)27-10-7-22-14-30(47(34(22)43-27)17-20-4-5-20)35-44-29-13-24(15-31(50-3)32(29)45(35)2)37(49)46-18-26(40)21-6-9-25(46)12-21/h7-8,10-11,13-16,19-21,25-26,33H,4-6,9,12,17-18,40H2,1-3H3,(H,42,48)/t19-,21-,25+,26+/m1/s1. The first kappa shape index (κ1) is 32.3. The summed E-state index contributed by atoms with van der Waals surface area (Å²) in [5.74, 6) is 1.85. The molecule has 2 bridgehead atoms. The van der Waals surface area contributed by atoms with Crippen LogP contribution in [0.5, 0.6) is 5.75 Å². The van der Waals surface area contributed by atoms with Gasteiger partial charge in [-0.25, -0.2) is 18.7 Å². The highest BCUT2D eigenvalue weighted by Crippen LogP contribution is 2.40. The number of piperidine rings is 1. The van der Waals surface area contributed by atoms with Crippen molar-refractivity contribution in [2.75, 3.05) is 13.7 Å². The van der Waals surface area contributed by atoms with E-state index in [1.54, 1.807) is 7.11 Å². The summed E-state index contributed by atoms with van der Waals surface area (Å²) in [7, 11) is 3.56. The Bertz CT molecular complexity index is 2120. The smallest absolute Gasteiger partial charge is 0.280 e. The van der Waals surface area contributed by atoms with Gasteiger partial charge in [0.1, 0.15) is 22.6 Å². The molecule has 3 fully saturated rings. The molecule has 5 heterocycles. The number of nitrogens with one attached hydrogen (secondary N) is 1. The Morgan fingerprint density at radius 3 is 2.56 bits per heavy atom. The lowest BCUT2D eigenvalue weighted by molar-refractivity contribution is 0.0603. The second kappa shape index (κ2) is 12.4. The number of aromatic nitrogens is 5. The molecule has 3 aliphatic rings. The van der Waals surface area contributed by atoms with E-state index in [4.69, 9.17) is 20.4 Å². The number of hydrogen-bond acceptors (Lipinski definition) is 7. The predicted molar refractivity (Wildman–Crippen MR) is 184 cm³/mol. The van der Waals surface area contributed by atoms with Crippen molar-refractivity contribution in [3.8, 4) is 17.3 Å². The molecule has 8 rings (SSSR count). The summed E-state index contributed by atoms with van der Waals surface area (Å²) >= 11 is 0. The topological polar surface area (TPSA) is 133 Å². The van der Waals surface area contributed by atoms with E-state index in [2.05, 4.69) is 20.9 Å². The van der Waals surface area contributed by atoms with Gasteiger partial charge in [0.15, 0.2) is 5.82 Å². The SMILES string of the molecule is COc1cc(C(=O)N2C[C@H](N)[C@@H]3CC[C@H]2C3)cc2nc(-c3cc4ccc([C@@H](C)NC(=O)c5ccc(C(F)F)nc5)nc4n3CC3CC3)n(C)c12. The summed E-state index contributed by atoms with van der Waals surface area (Å²) in [5.41, 5.74) is 10.6. The highest BCUT2D eigenvalue weighted by atomic mass is 19.3. The number of carbonyl (C=O) groups excluding carboxylic acids is 2. The van der Waals surface area contributed by atoms with E-state index in [9.17, 15) is 18.4 Å². The zero-order valence-electron chi connectivity index (χ0n) is 28.3. The van der Waals surface area contributed by atoms with Crippen LogP contribution in [0.4, 0.5) is 8.78 Å². The first-order valence-electron chi connectivity index (χ1n) is 17.3. The van der Waals surface area contributed by atoms with Gasteiger partial charge in [0.2, 0.25) is 0 Å². The molecule has 1 aliphatic heterocycles. The van der Waals surface area contributed by atoms with E-state index in [0.717, 1.165) is 79.0 Å². The minimum Gasteiger partial charge on any atom is -0.494 e. The molecule has 1 saturated heterocycles. The van der Waals surface area contributed by atoms with E-state index < -0.39 is 18.4 Å². The molecule has 3 N–H and O–H groups in total. The minimum atomic E-state index is -2.70. The van der Waals surface area contributed by atoms with Crippen molar-refractivity contribution in [2.45, 2.75) is 70.1 Å². The van der Waals surface area contributed by atoms with E-state index >= 15 is 0 Å². The lowest BCUT2D eigenvalue weighted by atomic mass is 9.94. The summed E-state index contributed by atoms with van der Waals surface area (Å²) in [5, 5.41) is 3.85. The number of nitrogens with two attached hydrogens (primary N) is 1. The van der Waals surface area contributed by atoms with Crippen LogP contribution in [0.15, 0.2) is 48.7 Å². The first-order chi connectivity index (χ1) is 24.1. The monoisotopic (exact) mass is 682 g/mol. The van der Waals surface area contributed by atoms with Gasteiger partial charge in [0.25, 0.3) is 18.2 Å². The Morgan fingerprint density at radius 1 is 1.04 bits per heavy atom. The van der Waals surface area contributed by atoms with Gasteiger partial charge in [-0.2, -0.15) is 0 Å². The molecular formula is C37H40F2N8O3. The number of amides is 2. The third-order valence-electron chi connectivity index (χ3n) is 10.8. The van der Waals surface area contributed by atoms with Crippen LogP contribution in [-0.4, -0.2) is 66.5 Å². The molecule has 5 aromatic rings. The lowest BCUT2D eigenvalue weighted by Crippen LogP contribution is -2.51. The molecule has 260 valence electrons. The van der Waals surface area contributed by atoms with E-state index in [0.29, 0.717) is 40.9 Å². The molecule has 50 heavy (non-hydrogen) atoms. The number of hydrogen-bond donors (Lipinski definition) is 2. The largest absolute Gasteiger partial charge is 0.494 e.